The van der Waals surface area contributed by atoms with Gasteiger partial charge in [-0.05, 0) is 37.0 Å². The number of benzene rings is 1. The predicted octanol–water partition coefficient (Wildman–Crippen LogP) is 2.60. The summed E-state index contributed by atoms with van der Waals surface area (Å²) in [5.41, 5.74) is 7.50. The molecule has 0 aliphatic rings. The molecule has 0 unspecified atom stereocenters. The van der Waals surface area contributed by atoms with Gasteiger partial charge < -0.3 is 10.5 Å². The maximum atomic E-state index is 12.0. The van der Waals surface area contributed by atoms with E-state index >= 15 is 0 Å². The Morgan fingerprint density at radius 1 is 1.47 bits per heavy atom. The monoisotopic (exact) mass is 238 g/mol. The van der Waals surface area contributed by atoms with Gasteiger partial charge >= 0.3 is 0 Å². The van der Waals surface area contributed by atoms with Crippen LogP contribution in [0.4, 0.5) is 4.39 Å². The first-order valence-electron chi connectivity index (χ1n) is 5.74. The summed E-state index contributed by atoms with van der Waals surface area (Å²) in [5, 5.41) is 7.13. The number of ether oxygens (including phenoxy) is 1. The Kier molecular flexibility index (Phi) is 5.46. The summed E-state index contributed by atoms with van der Waals surface area (Å²) in [7, 11) is 0. The summed E-state index contributed by atoms with van der Waals surface area (Å²) < 4.78 is 17.2. The zero-order valence-corrected chi connectivity index (χ0v) is 10.1. The molecule has 0 bridgehead atoms. The van der Waals surface area contributed by atoms with E-state index in [0.717, 1.165) is 24.2 Å². The van der Waals surface area contributed by atoms with E-state index in [9.17, 15) is 4.39 Å². The SMILES string of the molecule is Cc1cc(CCCC(=N)N)ccc1OCCF. The van der Waals surface area contributed by atoms with E-state index in [1.54, 1.807) is 0 Å². The average Bonchev–Trinajstić information content (AvgIpc) is 2.27. The quantitative estimate of drug-likeness (QED) is 0.566. The van der Waals surface area contributed by atoms with Crippen LogP contribution in [0, 0.1) is 12.3 Å². The molecule has 1 aromatic rings. The maximum absolute atomic E-state index is 12.0. The molecule has 0 atom stereocenters. The highest BCUT2D eigenvalue weighted by Gasteiger charge is 2.01. The molecular formula is C13H19FN2O. The van der Waals surface area contributed by atoms with E-state index in [-0.39, 0.29) is 12.4 Å². The second-order valence-corrected chi connectivity index (χ2v) is 4.02. The lowest BCUT2D eigenvalue weighted by atomic mass is 10.0. The minimum Gasteiger partial charge on any atom is -0.491 e. The van der Waals surface area contributed by atoms with Crippen LogP contribution in [0.3, 0.4) is 0 Å². The zero-order chi connectivity index (χ0) is 12.7. The molecule has 94 valence electrons. The zero-order valence-electron chi connectivity index (χ0n) is 10.1. The topological polar surface area (TPSA) is 59.1 Å². The van der Waals surface area contributed by atoms with Crippen LogP contribution in [-0.2, 0) is 6.42 Å². The van der Waals surface area contributed by atoms with Gasteiger partial charge in [-0.2, -0.15) is 0 Å². The third kappa shape index (κ3) is 4.85. The summed E-state index contributed by atoms with van der Waals surface area (Å²) in [6.07, 6.45) is 2.39. The second-order valence-electron chi connectivity index (χ2n) is 4.02. The Balaban J connectivity index is 2.52. The first-order valence-corrected chi connectivity index (χ1v) is 5.74. The van der Waals surface area contributed by atoms with Crippen LogP contribution in [-0.4, -0.2) is 19.1 Å². The number of hydrogen-bond donors (Lipinski definition) is 2. The van der Waals surface area contributed by atoms with Crippen molar-refractivity contribution in [3.8, 4) is 5.75 Å². The molecule has 0 saturated carbocycles. The minimum absolute atomic E-state index is 0.102. The minimum atomic E-state index is -0.472. The fourth-order valence-corrected chi connectivity index (χ4v) is 1.66. The number of nitrogens with one attached hydrogen (secondary N) is 1. The number of rotatable bonds is 7. The van der Waals surface area contributed by atoms with Gasteiger partial charge in [0.25, 0.3) is 0 Å². The van der Waals surface area contributed by atoms with Crippen molar-refractivity contribution in [3.05, 3.63) is 29.3 Å². The van der Waals surface area contributed by atoms with Crippen molar-refractivity contribution in [3.63, 3.8) is 0 Å². The Labute approximate surface area is 101 Å². The van der Waals surface area contributed by atoms with Crippen molar-refractivity contribution in [1.29, 1.82) is 5.41 Å². The van der Waals surface area contributed by atoms with Gasteiger partial charge in [-0.3, -0.25) is 5.41 Å². The lowest BCUT2D eigenvalue weighted by Gasteiger charge is -2.09. The Hall–Kier alpha value is -1.58. The van der Waals surface area contributed by atoms with E-state index in [0.29, 0.717) is 6.42 Å². The molecule has 1 rings (SSSR count). The van der Waals surface area contributed by atoms with Crippen LogP contribution in [0.15, 0.2) is 18.2 Å². The molecule has 0 aliphatic heterocycles. The summed E-state index contributed by atoms with van der Waals surface area (Å²) >= 11 is 0. The fourth-order valence-electron chi connectivity index (χ4n) is 1.66. The van der Waals surface area contributed by atoms with Gasteiger partial charge in [-0.25, -0.2) is 4.39 Å². The van der Waals surface area contributed by atoms with Gasteiger partial charge in [-0.1, -0.05) is 12.1 Å². The van der Waals surface area contributed by atoms with Crippen molar-refractivity contribution in [2.45, 2.75) is 26.2 Å². The molecular weight excluding hydrogens is 219 g/mol. The summed E-state index contributed by atoms with van der Waals surface area (Å²) in [5.74, 6) is 0.961. The highest BCUT2D eigenvalue weighted by Crippen LogP contribution is 2.20. The molecule has 3 N–H and O–H groups in total. The number of nitrogens with two attached hydrogens (primary N) is 1. The number of halogens is 1. The van der Waals surface area contributed by atoms with Gasteiger partial charge in [0.2, 0.25) is 0 Å². The lowest BCUT2D eigenvalue weighted by Crippen LogP contribution is -2.09. The fraction of sp³-hybridized carbons (Fsp3) is 0.462. The third-order valence-electron chi connectivity index (χ3n) is 2.49. The van der Waals surface area contributed by atoms with Crippen molar-refractivity contribution in [2.75, 3.05) is 13.3 Å². The van der Waals surface area contributed by atoms with E-state index in [1.165, 1.54) is 5.56 Å². The number of hydrogen-bond acceptors (Lipinski definition) is 2. The van der Waals surface area contributed by atoms with Crippen molar-refractivity contribution >= 4 is 5.84 Å². The van der Waals surface area contributed by atoms with Crippen LogP contribution >= 0.6 is 0 Å². The van der Waals surface area contributed by atoms with Crippen molar-refractivity contribution in [2.24, 2.45) is 5.73 Å². The summed E-state index contributed by atoms with van der Waals surface area (Å²) in [4.78, 5) is 0. The molecule has 1 aromatic carbocycles. The van der Waals surface area contributed by atoms with Gasteiger partial charge in [0.15, 0.2) is 0 Å². The molecule has 17 heavy (non-hydrogen) atoms. The summed E-state index contributed by atoms with van der Waals surface area (Å²) in [6.45, 7) is 1.58. The van der Waals surface area contributed by atoms with Crippen LogP contribution in [0.5, 0.6) is 5.75 Å². The predicted molar refractivity (Wildman–Crippen MR) is 67.5 cm³/mol. The normalized spacial score (nSPS) is 10.2. The Morgan fingerprint density at radius 2 is 2.24 bits per heavy atom. The second kappa shape index (κ2) is 6.89. The molecule has 4 heteroatoms. The van der Waals surface area contributed by atoms with Crippen molar-refractivity contribution < 1.29 is 9.13 Å². The largest absolute Gasteiger partial charge is 0.491 e. The van der Waals surface area contributed by atoms with Gasteiger partial charge in [0.05, 0.1) is 5.84 Å². The average molecular weight is 238 g/mol. The molecule has 0 radical (unpaired) electrons. The molecule has 0 heterocycles. The Bertz CT molecular complexity index is 380. The maximum Gasteiger partial charge on any atom is 0.123 e. The van der Waals surface area contributed by atoms with Crippen LogP contribution < -0.4 is 10.5 Å². The lowest BCUT2D eigenvalue weighted by molar-refractivity contribution is 0.272. The molecule has 0 fully saturated rings. The number of amidine groups is 1. The molecule has 0 amide bonds. The van der Waals surface area contributed by atoms with E-state index in [1.807, 2.05) is 25.1 Å². The van der Waals surface area contributed by atoms with Gasteiger partial charge in [-0.15, -0.1) is 0 Å². The van der Waals surface area contributed by atoms with E-state index in [4.69, 9.17) is 15.9 Å². The van der Waals surface area contributed by atoms with Gasteiger partial charge in [0.1, 0.15) is 19.0 Å². The van der Waals surface area contributed by atoms with Crippen molar-refractivity contribution in [1.82, 2.24) is 0 Å². The molecule has 0 saturated heterocycles. The number of alkyl halides is 1. The summed E-state index contributed by atoms with van der Waals surface area (Å²) in [6, 6.07) is 5.88. The van der Waals surface area contributed by atoms with Gasteiger partial charge in [0, 0.05) is 6.42 Å². The first-order chi connectivity index (χ1) is 8.13. The van der Waals surface area contributed by atoms with Crippen LogP contribution in [0.25, 0.3) is 0 Å². The Morgan fingerprint density at radius 3 is 2.82 bits per heavy atom. The molecule has 0 aromatic heterocycles. The van der Waals surface area contributed by atoms with E-state index in [2.05, 4.69) is 0 Å². The highest BCUT2D eigenvalue weighted by molar-refractivity contribution is 5.76. The smallest absolute Gasteiger partial charge is 0.123 e. The molecule has 3 nitrogen and oxygen atoms in total. The standard InChI is InChI=1S/C13H19FN2O/c1-10-9-11(3-2-4-13(15)16)5-6-12(10)17-8-7-14/h5-6,9H,2-4,7-8H2,1H3,(H3,15,16). The number of aryl methyl sites for hydroxylation is 2. The third-order valence-corrected chi connectivity index (χ3v) is 2.49. The first kappa shape index (κ1) is 13.5. The highest BCUT2D eigenvalue weighted by atomic mass is 19.1. The molecule has 0 spiro atoms. The van der Waals surface area contributed by atoms with Crippen LogP contribution in [0.1, 0.15) is 24.0 Å². The van der Waals surface area contributed by atoms with E-state index < -0.39 is 6.67 Å². The van der Waals surface area contributed by atoms with Crippen LogP contribution in [0.2, 0.25) is 0 Å². The molecule has 0 aliphatic carbocycles.